The molecular weight excluding hydrogens is 566 g/mol. The van der Waals surface area contributed by atoms with Gasteiger partial charge in [-0.3, -0.25) is 4.57 Å². The van der Waals surface area contributed by atoms with Crippen molar-refractivity contribution in [2.75, 3.05) is 0 Å². The van der Waals surface area contributed by atoms with E-state index in [9.17, 15) is 15.3 Å². The molecule has 0 spiro atoms. The molecule has 1 aromatic heterocycles. The monoisotopic (exact) mass is 590 g/mol. The lowest BCUT2D eigenvalue weighted by atomic mass is 9.78. The number of phenols is 3. The Kier molecular flexibility index (Phi) is 6.36. The molecule has 1 heterocycles. The van der Waals surface area contributed by atoms with Gasteiger partial charge in [-0.1, -0.05) is 120 Å². The van der Waals surface area contributed by atoms with E-state index in [0.29, 0.717) is 16.9 Å². The van der Waals surface area contributed by atoms with Crippen LogP contribution in [0.5, 0.6) is 17.2 Å². The number of phenolic OH excluding ortho intramolecular Hbond substituents is 3. The smallest absolute Gasteiger partial charge is 0.185 e. The second-order valence-electron chi connectivity index (χ2n) is 11.3. The number of rotatable bonds is 4. The Labute approximate surface area is 267 Å². The molecule has 0 unspecified atom stereocenters. The SMILES string of the molecule is [B]c1c([B])c(O)c(-n2c(-c3c4ccccc4c(-c4ccccc4)c4cc(-c5ccccc5)ccc34)nc3ccccc32)c(O)c1O. The lowest BCUT2D eigenvalue weighted by molar-refractivity contribution is 0.399. The molecule has 7 heteroatoms. The number of nitrogens with zero attached hydrogens (tertiary/aromatic N) is 2. The van der Waals surface area contributed by atoms with Crippen molar-refractivity contribution in [1.29, 1.82) is 0 Å². The maximum atomic E-state index is 11.3. The number of fused-ring (bicyclic) bond motifs is 3. The molecule has 4 radical (unpaired) electrons. The Bertz CT molecular complexity index is 2450. The summed E-state index contributed by atoms with van der Waals surface area (Å²) in [5.74, 6) is -1.23. The van der Waals surface area contributed by atoms with Gasteiger partial charge in [-0.15, -0.1) is 0 Å². The van der Waals surface area contributed by atoms with E-state index in [0.717, 1.165) is 49.4 Å². The van der Waals surface area contributed by atoms with Gasteiger partial charge in [-0.25, -0.2) is 4.98 Å². The molecule has 214 valence electrons. The molecule has 0 atom stereocenters. The highest BCUT2D eigenvalue weighted by Crippen LogP contribution is 2.47. The van der Waals surface area contributed by atoms with E-state index in [1.54, 1.807) is 4.57 Å². The molecule has 0 amide bonds. The molecule has 0 fully saturated rings. The second kappa shape index (κ2) is 10.6. The van der Waals surface area contributed by atoms with E-state index >= 15 is 0 Å². The summed E-state index contributed by atoms with van der Waals surface area (Å²) in [7, 11) is 12.1. The van der Waals surface area contributed by atoms with E-state index in [1.165, 1.54) is 0 Å². The molecule has 0 aliphatic rings. The molecule has 5 nitrogen and oxygen atoms in total. The lowest BCUT2D eigenvalue weighted by Gasteiger charge is -2.21. The van der Waals surface area contributed by atoms with Gasteiger partial charge in [0, 0.05) is 5.56 Å². The number of aromatic nitrogens is 2. The van der Waals surface area contributed by atoms with Gasteiger partial charge in [0.1, 0.15) is 33.0 Å². The van der Waals surface area contributed by atoms with E-state index in [-0.39, 0.29) is 16.6 Å². The highest BCUT2D eigenvalue weighted by atomic mass is 16.3. The van der Waals surface area contributed by atoms with Gasteiger partial charge >= 0.3 is 0 Å². The topological polar surface area (TPSA) is 78.5 Å². The zero-order valence-electron chi connectivity index (χ0n) is 24.5. The first-order chi connectivity index (χ1) is 22.4. The highest BCUT2D eigenvalue weighted by molar-refractivity contribution is 6.51. The Morgan fingerprint density at radius 1 is 0.478 bits per heavy atom. The third-order valence-corrected chi connectivity index (χ3v) is 8.67. The van der Waals surface area contributed by atoms with Crippen molar-refractivity contribution in [2.45, 2.75) is 0 Å². The van der Waals surface area contributed by atoms with Crippen molar-refractivity contribution in [1.82, 2.24) is 9.55 Å². The molecule has 0 saturated heterocycles. The van der Waals surface area contributed by atoms with Crippen LogP contribution in [0.3, 0.4) is 0 Å². The maximum absolute atomic E-state index is 11.3. The van der Waals surface area contributed by atoms with Crippen LogP contribution in [0, 0.1) is 0 Å². The first kappa shape index (κ1) is 27.6. The average molecular weight is 590 g/mol. The maximum Gasteiger partial charge on any atom is 0.185 e. The molecule has 46 heavy (non-hydrogen) atoms. The van der Waals surface area contributed by atoms with Crippen LogP contribution in [0.2, 0.25) is 0 Å². The van der Waals surface area contributed by atoms with Crippen molar-refractivity contribution in [2.24, 2.45) is 0 Å². The van der Waals surface area contributed by atoms with Gasteiger partial charge in [0.15, 0.2) is 11.5 Å². The summed E-state index contributed by atoms with van der Waals surface area (Å²) < 4.78 is 1.64. The Morgan fingerprint density at radius 2 is 1.04 bits per heavy atom. The third kappa shape index (κ3) is 4.09. The second-order valence-corrected chi connectivity index (χ2v) is 11.3. The largest absolute Gasteiger partial charge is 0.506 e. The number of hydrogen-bond donors (Lipinski definition) is 3. The summed E-state index contributed by atoms with van der Waals surface area (Å²) in [5, 5.41) is 37.2. The molecular formula is C39H24B2N2O3. The molecule has 0 aliphatic carbocycles. The van der Waals surface area contributed by atoms with Gasteiger partial charge in [0.25, 0.3) is 0 Å². The minimum Gasteiger partial charge on any atom is -0.506 e. The number of benzene rings is 7. The van der Waals surface area contributed by atoms with Gasteiger partial charge in [-0.05, 0) is 62.0 Å². The van der Waals surface area contributed by atoms with Crippen LogP contribution in [0.1, 0.15) is 0 Å². The minimum atomic E-state index is -0.615. The summed E-state index contributed by atoms with van der Waals surface area (Å²) in [6, 6.07) is 42.5. The molecule has 0 aliphatic heterocycles. The van der Waals surface area contributed by atoms with Crippen LogP contribution in [0.4, 0.5) is 0 Å². The van der Waals surface area contributed by atoms with E-state index in [4.69, 9.17) is 20.7 Å². The Balaban J connectivity index is 1.58. The fraction of sp³-hybridized carbons (Fsp3) is 0. The van der Waals surface area contributed by atoms with Crippen LogP contribution in [-0.2, 0) is 0 Å². The first-order valence-corrected chi connectivity index (χ1v) is 14.8. The molecule has 3 N–H and O–H groups in total. The summed E-state index contributed by atoms with van der Waals surface area (Å²) in [4.78, 5) is 5.09. The number of hydrogen-bond acceptors (Lipinski definition) is 4. The van der Waals surface area contributed by atoms with Crippen molar-refractivity contribution >= 4 is 59.2 Å². The van der Waals surface area contributed by atoms with Crippen molar-refractivity contribution in [3.8, 4) is 56.6 Å². The molecule has 0 bridgehead atoms. The van der Waals surface area contributed by atoms with Gasteiger partial charge in [0.05, 0.1) is 11.0 Å². The zero-order chi connectivity index (χ0) is 31.5. The van der Waals surface area contributed by atoms with Crippen LogP contribution in [0.15, 0.2) is 127 Å². The minimum absolute atomic E-state index is 0.113. The Morgan fingerprint density at radius 3 is 1.76 bits per heavy atom. The Hall–Kier alpha value is -5.94. The van der Waals surface area contributed by atoms with Crippen molar-refractivity contribution < 1.29 is 15.3 Å². The first-order valence-electron chi connectivity index (χ1n) is 14.8. The molecule has 8 aromatic rings. The van der Waals surface area contributed by atoms with E-state index in [1.807, 2.05) is 72.8 Å². The van der Waals surface area contributed by atoms with Crippen molar-refractivity contribution in [3.63, 3.8) is 0 Å². The van der Waals surface area contributed by atoms with Crippen LogP contribution in [-0.4, -0.2) is 40.6 Å². The fourth-order valence-electron chi connectivity index (χ4n) is 6.51. The zero-order valence-corrected chi connectivity index (χ0v) is 24.5. The van der Waals surface area contributed by atoms with E-state index in [2.05, 4.69) is 54.6 Å². The summed E-state index contributed by atoms with van der Waals surface area (Å²) in [6.45, 7) is 0. The van der Waals surface area contributed by atoms with Crippen LogP contribution in [0.25, 0.3) is 71.9 Å². The predicted octanol–water partition coefficient (Wildman–Crippen LogP) is 7.04. The molecule has 0 saturated carbocycles. The number of imidazole rings is 1. The predicted molar refractivity (Wildman–Crippen MR) is 188 cm³/mol. The van der Waals surface area contributed by atoms with E-state index < -0.39 is 17.2 Å². The molecule has 8 rings (SSSR count). The summed E-state index contributed by atoms with van der Waals surface area (Å²) in [5.41, 5.74) is 5.65. The van der Waals surface area contributed by atoms with Gasteiger partial charge in [0.2, 0.25) is 0 Å². The molecule has 7 aromatic carbocycles. The standard InChI is InChI=1S/C39H24B2N2O3/c40-33-34(41)37(45)38(46)35(36(33)44)43-30-18-10-9-17-29(30)42-39(43)32-26-16-8-7-15-25(26)31(23-13-5-2-6-14-23)28-21-24(19-20-27(28)32)22-11-3-1-4-12-22/h1-21,44-46H. The quantitative estimate of drug-likeness (QED) is 0.0890. The van der Waals surface area contributed by atoms with Gasteiger partial charge in [-0.2, -0.15) is 0 Å². The lowest BCUT2D eigenvalue weighted by Crippen LogP contribution is -2.27. The third-order valence-electron chi connectivity index (χ3n) is 8.67. The van der Waals surface area contributed by atoms with Crippen LogP contribution < -0.4 is 10.9 Å². The fourth-order valence-corrected chi connectivity index (χ4v) is 6.51. The van der Waals surface area contributed by atoms with Crippen molar-refractivity contribution in [3.05, 3.63) is 127 Å². The average Bonchev–Trinajstić information content (AvgIpc) is 3.48. The van der Waals surface area contributed by atoms with Gasteiger partial charge < -0.3 is 15.3 Å². The van der Waals surface area contributed by atoms with Crippen LogP contribution >= 0.6 is 0 Å². The number of para-hydroxylation sites is 2. The normalized spacial score (nSPS) is 11.5. The highest BCUT2D eigenvalue weighted by Gasteiger charge is 2.27. The number of aromatic hydroxyl groups is 3. The summed E-state index contributed by atoms with van der Waals surface area (Å²) >= 11 is 0. The summed E-state index contributed by atoms with van der Waals surface area (Å²) in [6.07, 6.45) is 0.